The molecule has 1 aromatic heterocycles. The molecular formula is C15H19N3O2. The normalized spacial score (nSPS) is 37.9. The largest absolute Gasteiger partial charge is 0.476 e. The second-order valence-corrected chi connectivity index (χ2v) is 6.93. The number of rotatable bonds is 3. The van der Waals surface area contributed by atoms with Crippen LogP contribution in [0.3, 0.4) is 0 Å². The molecule has 5 heteroatoms. The molecular weight excluding hydrogens is 254 g/mol. The Kier molecular flexibility index (Phi) is 2.53. The van der Waals surface area contributed by atoms with Crippen LogP contribution >= 0.6 is 0 Å². The minimum Gasteiger partial charge on any atom is -0.476 e. The third kappa shape index (κ3) is 1.96. The van der Waals surface area contributed by atoms with Crippen LogP contribution in [-0.4, -0.2) is 26.8 Å². The van der Waals surface area contributed by atoms with E-state index in [2.05, 4.69) is 15.5 Å². The molecule has 0 atom stereocenters. The number of carboxylic acids is 1. The Labute approximate surface area is 117 Å². The highest BCUT2D eigenvalue weighted by molar-refractivity contribution is 5.85. The van der Waals surface area contributed by atoms with Crippen molar-refractivity contribution in [1.82, 2.24) is 10.2 Å². The van der Waals surface area contributed by atoms with Crippen LogP contribution < -0.4 is 5.32 Å². The number of hydrogen-bond acceptors (Lipinski definition) is 4. The molecule has 2 N–H and O–H groups in total. The fourth-order valence-electron chi connectivity index (χ4n) is 5.05. The molecule has 4 aliphatic carbocycles. The Morgan fingerprint density at radius 2 is 1.70 bits per heavy atom. The molecule has 20 heavy (non-hydrogen) atoms. The van der Waals surface area contributed by atoms with Gasteiger partial charge in [0.25, 0.3) is 0 Å². The van der Waals surface area contributed by atoms with Gasteiger partial charge in [0.1, 0.15) is 5.82 Å². The SMILES string of the molecule is O=C(O)c1ccc(NC23CC4CC(CC(C4)C2)C3)nn1. The van der Waals surface area contributed by atoms with E-state index in [0.29, 0.717) is 0 Å². The zero-order valence-electron chi connectivity index (χ0n) is 11.4. The third-order valence-corrected chi connectivity index (χ3v) is 5.32. The summed E-state index contributed by atoms with van der Waals surface area (Å²) in [6.07, 6.45) is 7.93. The highest BCUT2D eigenvalue weighted by Gasteiger charge is 2.51. The molecule has 0 aliphatic heterocycles. The number of aromatic nitrogens is 2. The van der Waals surface area contributed by atoms with Gasteiger partial charge >= 0.3 is 5.97 Å². The fraction of sp³-hybridized carbons (Fsp3) is 0.667. The lowest BCUT2D eigenvalue weighted by atomic mass is 9.53. The Morgan fingerprint density at radius 3 is 2.15 bits per heavy atom. The van der Waals surface area contributed by atoms with Crippen molar-refractivity contribution in [3.8, 4) is 0 Å². The van der Waals surface area contributed by atoms with Crippen molar-refractivity contribution in [2.24, 2.45) is 17.8 Å². The van der Waals surface area contributed by atoms with Crippen LogP contribution in [-0.2, 0) is 0 Å². The van der Waals surface area contributed by atoms with Gasteiger partial charge in [-0.25, -0.2) is 4.79 Å². The van der Waals surface area contributed by atoms with Crippen molar-refractivity contribution in [2.45, 2.75) is 44.1 Å². The first-order valence-corrected chi connectivity index (χ1v) is 7.47. The van der Waals surface area contributed by atoms with Crippen molar-refractivity contribution in [3.05, 3.63) is 17.8 Å². The standard InChI is InChI=1S/C15H19N3O2/c19-14(20)12-1-2-13(18-17-12)16-15-6-9-3-10(7-15)5-11(4-9)8-15/h1-2,9-11H,3-8H2,(H,16,18)(H,19,20). The van der Waals surface area contributed by atoms with E-state index in [-0.39, 0.29) is 11.2 Å². The first-order chi connectivity index (χ1) is 9.62. The number of nitrogens with one attached hydrogen (secondary N) is 1. The van der Waals surface area contributed by atoms with Crippen LogP contribution in [0.5, 0.6) is 0 Å². The molecule has 0 amide bonds. The maximum absolute atomic E-state index is 10.8. The van der Waals surface area contributed by atoms with Gasteiger partial charge in [-0.15, -0.1) is 10.2 Å². The summed E-state index contributed by atoms with van der Waals surface area (Å²) in [6, 6.07) is 3.27. The molecule has 106 valence electrons. The van der Waals surface area contributed by atoms with E-state index in [1.165, 1.54) is 44.6 Å². The highest BCUT2D eigenvalue weighted by Crippen LogP contribution is 2.56. The van der Waals surface area contributed by atoms with Gasteiger partial charge in [-0.05, 0) is 68.4 Å². The summed E-state index contributed by atoms with van der Waals surface area (Å²) < 4.78 is 0. The Hall–Kier alpha value is -1.65. The zero-order chi connectivity index (χ0) is 13.7. The molecule has 0 radical (unpaired) electrons. The molecule has 5 rings (SSSR count). The van der Waals surface area contributed by atoms with Gasteiger partial charge in [-0.2, -0.15) is 0 Å². The predicted molar refractivity (Wildman–Crippen MR) is 73.5 cm³/mol. The van der Waals surface area contributed by atoms with E-state index in [9.17, 15) is 4.79 Å². The zero-order valence-corrected chi connectivity index (χ0v) is 11.4. The van der Waals surface area contributed by atoms with Gasteiger partial charge < -0.3 is 10.4 Å². The van der Waals surface area contributed by atoms with Crippen LogP contribution in [0.25, 0.3) is 0 Å². The Bertz CT molecular complexity index is 505. The smallest absolute Gasteiger partial charge is 0.356 e. The van der Waals surface area contributed by atoms with Gasteiger partial charge in [0.15, 0.2) is 5.69 Å². The Morgan fingerprint density at radius 1 is 1.10 bits per heavy atom. The molecule has 5 nitrogen and oxygen atoms in total. The van der Waals surface area contributed by atoms with Gasteiger partial charge in [0.05, 0.1) is 0 Å². The lowest BCUT2D eigenvalue weighted by Crippen LogP contribution is -2.54. The monoisotopic (exact) mass is 273 g/mol. The third-order valence-electron chi connectivity index (χ3n) is 5.32. The topological polar surface area (TPSA) is 75.1 Å². The summed E-state index contributed by atoms with van der Waals surface area (Å²) in [5.74, 6) is 2.32. The minimum absolute atomic E-state index is 0.000983. The van der Waals surface area contributed by atoms with E-state index in [4.69, 9.17) is 5.11 Å². The second-order valence-electron chi connectivity index (χ2n) is 6.93. The van der Waals surface area contributed by atoms with Crippen molar-refractivity contribution in [2.75, 3.05) is 5.32 Å². The summed E-state index contributed by atoms with van der Waals surface area (Å²) in [6.45, 7) is 0. The first-order valence-electron chi connectivity index (χ1n) is 7.47. The molecule has 4 saturated carbocycles. The van der Waals surface area contributed by atoms with E-state index < -0.39 is 5.97 Å². The van der Waals surface area contributed by atoms with Crippen LogP contribution in [0.2, 0.25) is 0 Å². The lowest BCUT2D eigenvalue weighted by Gasteiger charge is -2.57. The van der Waals surface area contributed by atoms with Gasteiger partial charge in [0, 0.05) is 5.54 Å². The summed E-state index contributed by atoms with van der Waals surface area (Å²) in [4.78, 5) is 10.8. The molecule has 4 aliphatic rings. The molecule has 0 saturated heterocycles. The van der Waals surface area contributed by atoms with Crippen molar-refractivity contribution < 1.29 is 9.90 Å². The molecule has 1 heterocycles. The summed E-state index contributed by atoms with van der Waals surface area (Å²) in [5, 5.41) is 20.2. The number of hydrogen-bond donors (Lipinski definition) is 2. The molecule has 1 aromatic rings. The van der Waals surface area contributed by atoms with Gasteiger partial charge in [0.2, 0.25) is 0 Å². The van der Waals surface area contributed by atoms with Crippen LogP contribution in [0.1, 0.15) is 49.0 Å². The maximum Gasteiger partial charge on any atom is 0.356 e. The van der Waals surface area contributed by atoms with Crippen molar-refractivity contribution in [3.63, 3.8) is 0 Å². The van der Waals surface area contributed by atoms with Gasteiger partial charge in [-0.1, -0.05) is 0 Å². The molecule has 0 spiro atoms. The molecule has 0 unspecified atom stereocenters. The van der Waals surface area contributed by atoms with E-state index >= 15 is 0 Å². The van der Waals surface area contributed by atoms with Crippen molar-refractivity contribution >= 4 is 11.8 Å². The number of aromatic carboxylic acids is 1. The molecule has 4 bridgehead atoms. The summed E-state index contributed by atoms with van der Waals surface area (Å²) >= 11 is 0. The minimum atomic E-state index is -1.03. The summed E-state index contributed by atoms with van der Waals surface area (Å²) in [7, 11) is 0. The number of nitrogens with zero attached hydrogens (tertiary/aromatic N) is 2. The fourth-order valence-corrected chi connectivity index (χ4v) is 5.05. The quantitative estimate of drug-likeness (QED) is 0.885. The van der Waals surface area contributed by atoms with Crippen LogP contribution in [0.15, 0.2) is 12.1 Å². The first kappa shape index (κ1) is 12.1. The predicted octanol–water partition coefficient (Wildman–Crippen LogP) is 2.56. The number of carboxylic acid groups (broad SMARTS) is 1. The lowest BCUT2D eigenvalue weighted by molar-refractivity contribution is 0.0105. The van der Waals surface area contributed by atoms with Gasteiger partial charge in [-0.3, -0.25) is 0 Å². The van der Waals surface area contributed by atoms with Crippen molar-refractivity contribution in [1.29, 1.82) is 0 Å². The molecule has 0 aromatic carbocycles. The Balaban J connectivity index is 1.55. The summed E-state index contributed by atoms with van der Waals surface area (Å²) in [5.41, 5.74) is 0.190. The maximum atomic E-state index is 10.8. The van der Waals surface area contributed by atoms with Crippen LogP contribution in [0, 0.1) is 17.8 Å². The van der Waals surface area contributed by atoms with E-state index in [0.717, 1.165) is 23.6 Å². The average molecular weight is 273 g/mol. The van der Waals surface area contributed by atoms with Crippen LogP contribution in [0.4, 0.5) is 5.82 Å². The second kappa shape index (κ2) is 4.17. The van der Waals surface area contributed by atoms with E-state index in [1.807, 2.05) is 0 Å². The highest BCUT2D eigenvalue weighted by atomic mass is 16.4. The van der Waals surface area contributed by atoms with E-state index in [1.54, 1.807) is 6.07 Å². The molecule has 4 fully saturated rings. The average Bonchev–Trinajstić information content (AvgIpc) is 2.37. The number of carbonyl (C=O) groups is 1. The number of anilines is 1.